The van der Waals surface area contributed by atoms with Crippen molar-refractivity contribution in [3.63, 3.8) is 0 Å². The van der Waals surface area contributed by atoms with Gasteiger partial charge in [-0.05, 0) is 24.1 Å². The topological polar surface area (TPSA) is 38.0 Å². The SMILES string of the molecule is CCCCCCCn1c(C(O)c2ccccc2)nc2ccccc21. The predicted molar refractivity (Wildman–Crippen MR) is 99.0 cm³/mol. The second-order valence-corrected chi connectivity index (χ2v) is 6.34. The molecule has 3 aromatic rings. The van der Waals surface area contributed by atoms with Gasteiger partial charge >= 0.3 is 0 Å². The molecule has 1 N–H and O–H groups in total. The van der Waals surface area contributed by atoms with Gasteiger partial charge in [0.25, 0.3) is 0 Å². The van der Waals surface area contributed by atoms with Gasteiger partial charge < -0.3 is 9.67 Å². The van der Waals surface area contributed by atoms with E-state index in [1.165, 1.54) is 25.7 Å². The van der Waals surface area contributed by atoms with Gasteiger partial charge in [-0.25, -0.2) is 4.98 Å². The third-order valence-corrected chi connectivity index (χ3v) is 4.53. The largest absolute Gasteiger partial charge is 0.380 e. The summed E-state index contributed by atoms with van der Waals surface area (Å²) in [7, 11) is 0. The van der Waals surface area contributed by atoms with Crippen LogP contribution in [0.5, 0.6) is 0 Å². The van der Waals surface area contributed by atoms with E-state index in [0.29, 0.717) is 0 Å². The highest BCUT2D eigenvalue weighted by Crippen LogP contribution is 2.26. The maximum atomic E-state index is 10.8. The molecule has 1 heterocycles. The molecule has 0 radical (unpaired) electrons. The van der Waals surface area contributed by atoms with Gasteiger partial charge in [-0.3, -0.25) is 0 Å². The van der Waals surface area contributed by atoms with Crippen molar-refractivity contribution in [3.05, 3.63) is 66.0 Å². The molecule has 0 saturated heterocycles. The number of unbranched alkanes of at least 4 members (excludes halogenated alkanes) is 4. The number of nitrogens with zero attached hydrogens (tertiary/aromatic N) is 2. The number of aliphatic hydroxyl groups is 1. The minimum Gasteiger partial charge on any atom is -0.380 e. The molecule has 0 amide bonds. The van der Waals surface area contributed by atoms with Crippen LogP contribution in [0, 0.1) is 0 Å². The lowest BCUT2D eigenvalue weighted by atomic mass is 10.1. The quantitative estimate of drug-likeness (QED) is 0.587. The van der Waals surface area contributed by atoms with Gasteiger partial charge in [-0.15, -0.1) is 0 Å². The molecule has 2 aromatic carbocycles. The highest BCUT2D eigenvalue weighted by atomic mass is 16.3. The molecule has 1 atom stereocenters. The Morgan fingerprint density at radius 3 is 2.42 bits per heavy atom. The highest BCUT2D eigenvalue weighted by Gasteiger charge is 2.19. The van der Waals surface area contributed by atoms with E-state index >= 15 is 0 Å². The molecule has 0 bridgehead atoms. The number of rotatable bonds is 8. The zero-order chi connectivity index (χ0) is 16.8. The first-order chi connectivity index (χ1) is 11.8. The van der Waals surface area contributed by atoms with Gasteiger partial charge in [-0.2, -0.15) is 0 Å². The number of aryl methyl sites for hydroxylation is 1. The van der Waals surface area contributed by atoms with Gasteiger partial charge in [0.2, 0.25) is 0 Å². The van der Waals surface area contributed by atoms with Crippen molar-refractivity contribution in [2.75, 3.05) is 0 Å². The Morgan fingerprint density at radius 1 is 0.917 bits per heavy atom. The van der Waals surface area contributed by atoms with Crippen LogP contribution in [0.3, 0.4) is 0 Å². The van der Waals surface area contributed by atoms with E-state index in [9.17, 15) is 5.11 Å². The molecular weight excluding hydrogens is 296 g/mol. The van der Waals surface area contributed by atoms with Gasteiger partial charge in [0, 0.05) is 6.54 Å². The molecular formula is C21H26N2O. The first-order valence-electron chi connectivity index (χ1n) is 8.99. The average Bonchev–Trinajstić information content (AvgIpc) is 3.00. The zero-order valence-corrected chi connectivity index (χ0v) is 14.4. The molecule has 1 unspecified atom stereocenters. The first kappa shape index (κ1) is 16.7. The summed E-state index contributed by atoms with van der Waals surface area (Å²) in [5.74, 6) is 0.748. The molecule has 0 aliphatic heterocycles. The van der Waals surface area contributed by atoms with Crippen molar-refractivity contribution < 1.29 is 5.11 Å². The molecule has 3 heteroatoms. The lowest BCUT2D eigenvalue weighted by Gasteiger charge is -2.14. The Labute approximate surface area is 144 Å². The van der Waals surface area contributed by atoms with Gasteiger partial charge in [0.05, 0.1) is 11.0 Å². The smallest absolute Gasteiger partial charge is 0.143 e. The van der Waals surface area contributed by atoms with Gasteiger partial charge in [-0.1, -0.05) is 75.1 Å². The number of aliphatic hydroxyl groups excluding tert-OH is 1. The number of benzene rings is 2. The number of imidazole rings is 1. The van der Waals surface area contributed by atoms with Crippen molar-refractivity contribution in [2.45, 2.75) is 51.7 Å². The van der Waals surface area contributed by atoms with Crippen LogP contribution in [0.15, 0.2) is 54.6 Å². The minimum absolute atomic E-state index is 0.686. The molecule has 126 valence electrons. The molecule has 0 spiro atoms. The Balaban J connectivity index is 1.87. The normalized spacial score (nSPS) is 12.6. The van der Waals surface area contributed by atoms with Crippen LogP contribution in [-0.2, 0) is 6.54 Å². The fraction of sp³-hybridized carbons (Fsp3) is 0.381. The summed E-state index contributed by atoms with van der Waals surface area (Å²) in [4.78, 5) is 4.72. The molecule has 24 heavy (non-hydrogen) atoms. The van der Waals surface area contributed by atoms with Crippen molar-refractivity contribution in [2.24, 2.45) is 0 Å². The van der Waals surface area contributed by atoms with Gasteiger partial charge in [0.15, 0.2) is 0 Å². The molecule has 3 nitrogen and oxygen atoms in total. The Morgan fingerprint density at radius 2 is 1.62 bits per heavy atom. The summed E-state index contributed by atoms with van der Waals surface area (Å²) in [6, 6.07) is 17.9. The van der Waals surface area contributed by atoms with E-state index in [4.69, 9.17) is 4.98 Å². The monoisotopic (exact) mass is 322 g/mol. The molecule has 0 aliphatic rings. The van der Waals surface area contributed by atoms with Crippen LogP contribution >= 0.6 is 0 Å². The third-order valence-electron chi connectivity index (χ3n) is 4.53. The molecule has 1 aromatic heterocycles. The fourth-order valence-electron chi connectivity index (χ4n) is 3.20. The van der Waals surface area contributed by atoms with Crippen LogP contribution < -0.4 is 0 Å². The van der Waals surface area contributed by atoms with Crippen LogP contribution in [-0.4, -0.2) is 14.7 Å². The summed E-state index contributed by atoms with van der Waals surface area (Å²) in [5.41, 5.74) is 2.95. The zero-order valence-electron chi connectivity index (χ0n) is 14.4. The summed E-state index contributed by atoms with van der Waals surface area (Å²) >= 11 is 0. The van der Waals surface area contributed by atoms with E-state index in [0.717, 1.165) is 35.4 Å². The van der Waals surface area contributed by atoms with Crippen molar-refractivity contribution >= 4 is 11.0 Å². The standard InChI is InChI=1S/C21H26N2O/c1-2-3-4-5-11-16-23-19-15-10-9-14-18(19)22-21(23)20(24)17-12-7-6-8-13-17/h6-10,12-15,20,24H,2-5,11,16H2,1H3. The van der Waals surface area contributed by atoms with E-state index in [-0.39, 0.29) is 0 Å². The van der Waals surface area contributed by atoms with E-state index in [2.05, 4.69) is 17.6 Å². The number of aromatic nitrogens is 2. The summed E-state index contributed by atoms with van der Waals surface area (Å²) in [6.45, 7) is 3.14. The predicted octanol–water partition coefficient (Wildman–Crippen LogP) is 5.09. The number of hydrogen-bond acceptors (Lipinski definition) is 2. The van der Waals surface area contributed by atoms with Crippen LogP contribution in [0.2, 0.25) is 0 Å². The number of hydrogen-bond donors (Lipinski definition) is 1. The summed E-state index contributed by atoms with van der Waals surface area (Å²) < 4.78 is 2.19. The van der Waals surface area contributed by atoms with Crippen LogP contribution in [0.4, 0.5) is 0 Å². The number of fused-ring (bicyclic) bond motifs is 1. The second kappa shape index (κ2) is 8.11. The van der Waals surface area contributed by atoms with Crippen molar-refractivity contribution in [3.8, 4) is 0 Å². The first-order valence-corrected chi connectivity index (χ1v) is 8.99. The maximum absolute atomic E-state index is 10.8. The third kappa shape index (κ3) is 3.68. The maximum Gasteiger partial charge on any atom is 0.143 e. The fourth-order valence-corrected chi connectivity index (χ4v) is 3.20. The Hall–Kier alpha value is -2.13. The van der Waals surface area contributed by atoms with Crippen LogP contribution in [0.25, 0.3) is 11.0 Å². The van der Waals surface area contributed by atoms with E-state index in [1.807, 2.05) is 48.5 Å². The molecule has 0 fully saturated rings. The highest BCUT2D eigenvalue weighted by molar-refractivity contribution is 5.76. The van der Waals surface area contributed by atoms with E-state index in [1.54, 1.807) is 0 Å². The van der Waals surface area contributed by atoms with Gasteiger partial charge in [0.1, 0.15) is 11.9 Å². The summed E-state index contributed by atoms with van der Waals surface area (Å²) in [5, 5.41) is 10.8. The van der Waals surface area contributed by atoms with Crippen LogP contribution in [0.1, 0.15) is 56.5 Å². The lowest BCUT2D eigenvalue weighted by molar-refractivity contribution is 0.205. The lowest BCUT2D eigenvalue weighted by Crippen LogP contribution is -2.10. The van der Waals surface area contributed by atoms with Crippen molar-refractivity contribution in [1.82, 2.24) is 9.55 Å². The van der Waals surface area contributed by atoms with Crippen molar-refractivity contribution in [1.29, 1.82) is 0 Å². The molecule has 0 saturated carbocycles. The Bertz CT molecular complexity index is 764. The molecule has 0 aliphatic carbocycles. The minimum atomic E-state index is -0.686. The average molecular weight is 322 g/mol. The Kier molecular flexibility index (Phi) is 5.65. The number of para-hydroxylation sites is 2. The van der Waals surface area contributed by atoms with E-state index < -0.39 is 6.10 Å². The summed E-state index contributed by atoms with van der Waals surface area (Å²) in [6.07, 6.45) is 5.49. The molecule has 3 rings (SSSR count). The second-order valence-electron chi connectivity index (χ2n) is 6.34.